The van der Waals surface area contributed by atoms with E-state index in [0.717, 1.165) is 62.5 Å². The van der Waals surface area contributed by atoms with Crippen LogP contribution in [0.15, 0.2) is 36.4 Å². The molecular weight excluding hydrogens is 730 g/mol. The number of halogens is 1. The SMILES string of the molecule is Nc1nc(N)c(C(=O)NC(=O)NCCCCc2ccc(C[C@H](N)C(=O)Nc3ccc(CCCNCC[C@@H](O)[C@H](O)[C@H](O)CO)cc3)c3c2CCCC3)nc1Cl. The van der Waals surface area contributed by atoms with Gasteiger partial charge in [0.25, 0.3) is 5.91 Å². The van der Waals surface area contributed by atoms with Crippen molar-refractivity contribution in [3.05, 3.63) is 75.1 Å². The molecule has 16 nitrogen and oxygen atoms in total. The number of nitrogens with two attached hydrogens (primary N) is 3. The number of nitrogens with one attached hydrogen (secondary N) is 4. The van der Waals surface area contributed by atoms with Crippen LogP contribution in [-0.2, 0) is 36.9 Å². The first-order valence-corrected chi connectivity index (χ1v) is 19.1. The number of carbonyl (C=O) groups is 3. The van der Waals surface area contributed by atoms with Gasteiger partial charge >= 0.3 is 6.03 Å². The average Bonchev–Trinajstić information content (AvgIpc) is 3.17. The second kappa shape index (κ2) is 21.6. The number of aliphatic hydroxyl groups is 4. The van der Waals surface area contributed by atoms with Crippen molar-refractivity contribution in [2.45, 2.75) is 95.0 Å². The Morgan fingerprint density at radius 1 is 0.818 bits per heavy atom. The molecular formula is C38H54ClN9O7. The minimum absolute atomic E-state index is 0.115. The zero-order chi connectivity index (χ0) is 39.9. The average molecular weight is 784 g/mol. The van der Waals surface area contributed by atoms with Gasteiger partial charge in [-0.1, -0.05) is 35.9 Å². The highest BCUT2D eigenvalue weighted by Gasteiger charge is 2.24. The van der Waals surface area contributed by atoms with Crippen LogP contribution in [0.5, 0.6) is 0 Å². The Hall–Kier alpha value is -4.42. The molecule has 0 fully saturated rings. The van der Waals surface area contributed by atoms with Crippen molar-refractivity contribution in [3.63, 3.8) is 0 Å². The van der Waals surface area contributed by atoms with E-state index in [-0.39, 0.29) is 34.8 Å². The monoisotopic (exact) mass is 783 g/mol. The zero-order valence-electron chi connectivity index (χ0n) is 30.9. The maximum atomic E-state index is 13.1. The fourth-order valence-electron chi connectivity index (χ4n) is 6.55. The summed E-state index contributed by atoms with van der Waals surface area (Å²) in [5.41, 5.74) is 24.1. The lowest BCUT2D eigenvalue weighted by atomic mass is 9.82. The van der Waals surface area contributed by atoms with Crippen LogP contribution >= 0.6 is 11.6 Å². The van der Waals surface area contributed by atoms with Crippen LogP contribution in [-0.4, -0.2) is 98.8 Å². The minimum atomic E-state index is -1.39. The van der Waals surface area contributed by atoms with Crippen molar-refractivity contribution >= 4 is 46.8 Å². The maximum Gasteiger partial charge on any atom is 0.321 e. The molecule has 0 bridgehead atoms. The Morgan fingerprint density at radius 2 is 1.51 bits per heavy atom. The number of aromatic nitrogens is 2. The third-order valence-corrected chi connectivity index (χ3v) is 9.92. The van der Waals surface area contributed by atoms with E-state index in [0.29, 0.717) is 38.2 Å². The van der Waals surface area contributed by atoms with Crippen LogP contribution < -0.4 is 38.5 Å². The summed E-state index contributed by atoms with van der Waals surface area (Å²) in [6, 6.07) is 10.4. The molecule has 3 aromatic rings. The molecule has 1 aliphatic carbocycles. The second-order valence-electron chi connectivity index (χ2n) is 13.8. The van der Waals surface area contributed by atoms with E-state index in [2.05, 4.69) is 43.4 Å². The van der Waals surface area contributed by atoms with Gasteiger partial charge in [-0.05, 0) is 124 Å². The number of benzene rings is 2. The third kappa shape index (κ3) is 13.1. The van der Waals surface area contributed by atoms with Gasteiger partial charge < -0.3 is 53.6 Å². The molecule has 0 unspecified atom stereocenters. The lowest BCUT2D eigenvalue weighted by Crippen LogP contribution is -2.40. The van der Waals surface area contributed by atoms with Crippen molar-refractivity contribution in [3.8, 4) is 0 Å². The van der Waals surface area contributed by atoms with E-state index in [1.54, 1.807) is 0 Å². The van der Waals surface area contributed by atoms with Gasteiger partial charge in [0.15, 0.2) is 22.5 Å². The standard InChI is InChI=1S/C38H54ClN9O7/c39-33-35(42)47-34(41)31(46-33)37(54)48-38(55)44-18-4-3-7-23-12-13-24(27-9-2-1-8-26(23)27)20-28(40)36(53)45-25-14-10-22(11-15-25)6-5-17-43-19-16-29(50)32(52)30(51)21-49/h10-15,28-30,32,43,49-52H,1-9,16-21,40H2,(H,45,53)(H4,41,42,47)(H2,44,48,54,55)/t28-,29+,30+,32-/m0/s1. The number of amides is 4. The van der Waals surface area contributed by atoms with E-state index >= 15 is 0 Å². The van der Waals surface area contributed by atoms with Crippen LogP contribution in [0.25, 0.3) is 0 Å². The number of hydrogen-bond donors (Lipinski definition) is 11. The molecule has 0 radical (unpaired) electrons. The van der Waals surface area contributed by atoms with Crippen LogP contribution in [0.1, 0.15) is 76.8 Å². The van der Waals surface area contributed by atoms with Gasteiger partial charge in [-0.3, -0.25) is 14.9 Å². The van der Waals surface area contributed by atoms with E-state index in [9.17, 15) is 29.7 Å². The van der Waals surface area contributed by atoms with Crippen LogP contribution in [0.2, 0.25) is 5.15 Å². The number of urea groups is 1. The Morgan fingerprint density at radius 3 is 2.22 bits per heavy atom. The number of aryl methyl sites for hydroxylation is 2. The zero-order valence-corrected chi connectivity index (χ0v) is 31.7. The summed E-state index contributed by atoms with van der Waals surface area (Å²) >= 11 is 5.82. The number of carbonyl (C=O) groups excluding carboxylic acids is 3. The second-order valence-corrected chi connectivity index (χ2v) is 14.2. The molecule has 0 saturated heterocycles. The molecule has 4 atom stereocenters. The molecule has 14 N–H and O–H groups in total. The Balaban J connectivity index is 1.17. The van der Waals surface area contributed by atoms with Crippen molar-refractivity contribution in [2.24, 2.45) is 5.73 Å². The Kier molecular flexibility index (Phi) is 17.0. The first kappa shape index (κ1) is 43.3. The molecule has 2 aromatic carbocycles. The van der Waals surface area contributed by atoms with Crippen LogP contribution in [0, 0.1) is 0 Å². The summed E-state index contributed by atoms with van der Waals surface area (Å²) in [5, 5.41) is 48.7. The van der Waals surface area contributed by atoms with Gasteiger partial charge in [-0.25, -0.2) is 14.8 Å². The molecule has 17 heteroatoms. The van der Waals surface area contributed by atoms with Crippen molar-refractivity contribution in [1.29, 1.82) is 0 Å². The van der Waals surface area contributed by atoms with Crippen molar-refractivity contribution in [1.82, 2.24) is 25.9 Å². The predicted molar refractivity (Wildman–Crippen MR) is 210 cm³/mol. The van der Waals surface area contributed by atoms with Crippen LogP contribution in [0.3, 0.4) is 0 Å². The minimum Gasteiger partial charge on any atom is -0.394 e. The van der Waals surface area contributed by atoms with Crippen molar-refractivity contribution in [2.75, 3.05) is 43.0 Å². The third-order valence-electron chi connectivity index (χ3n) is 9.64. The fraction of sp³-hybridized carbons (Fsp3) is 0.500. The number of rotatable bonds is 20. The number of hydrogen-bond acceptors (Lipinski definition) is 13. The topological polar surface area (TPSA) is 284 Å². The fourth-order valence-corrected chi connectivity index (χ4v) is 6.67. The van der Waals surface area contributed by atoms with E-state index in [1.165, 1.54) is 16.7 Å². The lowest BCUT2D eigenvalue weighted by molar-refractivity contribution is -0.117. The molecule has 1 aromatic heterocycles. The smallest absolute Gasteiger partial charge is 0.321 e. The van der Waals surface area contributed by atoms with Gasteiger partial charge in [-0.15, -0.1) is 0 Å². The van der Waals surface area contributed by atoms with E-state index in [4.69, 9.17) is 33.9 Å². The van der Waals surface area contributed by atoms with Gasteiger partial charge in [0.05, 0.1) is 18.8 Å². The highest BCUT2D eigenvalue weighted by Crippen LogP contribution is 2.30. The molecule has 0 saturated carbocycles. The largest absolute Gasteiger partial charge is 0.394 e. The molecule has 1 aliphatic rings. The highest BCUT2D eigenvalue weighted by molar-refractivity contribution is 6.31. The normalized spacial score (nSPS) is 14.7. The summed E-state index contributed by atoms with van der Waals surface area (Å²) in [7, 11) is 0. The molecule has 4 amide bonds. The van der Waals surface area contributed by atoms with Gasteiger partial charge in [0.2, 0.25) is 5.91 Å². The van der Waals surface area contributed by atoms with Gasteiger partial charge in [0, 0.05) is 12.2 Å². The summed E-state index contributed by atoms with van der Waals surface area (Å²) in [5.74, 6) is -1.44. The number of nitrogen functional groups attached to an aromatic ring is 2. The first-order chi connectivity index (χ1) is 26.4. The quantitative estimate of drug-likeness (QED) is 0.0718. The summed E-state index contributed by atoms with van der Waals surface area (Å²) in [4.78, 5) is 45.3. The van der Waals surface area contributed by atoms with Crippen LogP contribution in [0.4, 0.5) is 22.1 Å². The number of aliphatic hydroxyl groups excluding tert-OH is 4. The summed E-state index contributed by atoms with van der Waals surface area (Å²) < 4.78 is 0. The predicted octanol–water partition coefficient (Wildman–Crippen LogP) is 1.13. The lowest BCUT2D eigenvalue weighted by Gasteiger charge is -2.24. The number of fused-ring (bicyclic) bond motifs is 1. The van der Waals surface area contributed by atoms with Crippen molar-refractivity contribution < 1.29 is 34.8 Å². The molecule has 4 rings (SSSR count). The number of imide groups is 1. The Bertz CT molecular complexity index is 1750. The number of nitrogens with zero attached hydrogens (tertiary/aromatic N) is 2. The molecule has 55 heavy (non-hydrogen) atoms. The molecule has 0 aliphatic heterocycles. The van der Waals surface area contributed by atoms with Gasteiger partial charge in [0.1, 0.15) is 12.2 Å². The number of unbranched alkanes of at least 4 members (excludes halogenated alkanes) is 1. The number of anilines is 3. The first-order valence-electron chi connectivity index (χ1n) is 18.7. The summed E-state index contributed by atoms with van der Waals surface area (Å²) in [6.07, 6.45) is 4.86. The molecule has 300 valence electrons. The van der Waals surface area contributed by atoms with E-state index in [1.807, 2.05) is 24.3 Å². The molecule has 1 heterocycles. The maximum absolute atomic E-state index is 13.1. The Labute approximate surface area is 325 Å². The highest BCUT2D eigenvalue weighted by atomic mass is 35.5. The summed E-state index contributed by atoms with van der Waals surface area (Å²) in [6.45, 7) is 0.899. The van der Waals surface area contributed by atoms with E-state index < -0.39 is 42.9 Å². The molecule has 0 spiro atoms. The van der Waals surface area contributed by atoms with Gasteiger partial charge in [-0.2, -0.15) is 0 Å².